The molecule has 4 nitrogen and oxygen atoms in total. The van der Waals surface area contributed by atoms with Crippen molar-refractivity contribution in [3.05, 3.63) is 51.1 Å². The number of hydrogen-bond donors (Lipinski definition) is 1. The Bertz CT molecular complexity index is 571. The molecule has 6 heteroatoms. The van der Waals surface area contributed by atoms with Crippen molar-refractivity contribution in [1.82, 2.24) is 9.97 Å². The number of halogens is 2. The average molecular weight is 285 g/mol. The van der Waals surface area contributed by atoms with Gasteiger partial charge in [0.25, 0.3) is 5.56 Å². The fourth-order valence-corrected chi connectivity index (χ4v) is 1.41. The standard InChI is InChI=1S/C10H6BrFN2O2/c11-6-3-1-2-4-8(6)16-10-13-5-7(12)9(15)14-10/h1-5H,(H,13,14,15). The first kappa shape index (κ1) is 10.8. The zero-order chi connectivity index (χ0) is 11.5. The number of para-hydroxylation sites is 1. The van der Waals surface area contributed by atoms with Crippen LogP contribution < -0.4 is 10.3 Å². The van der Waals surface area contributed by atoms with E-state index in [0.717, 1.165) is 6.20 Å². The maximum Gasteiger partial charge on any atom is 0.302 e. The molecule has 1 aromatic heterocycles. The van der Waals surface area contributed by atoms with Crippen LogP contribution in [0, 0.1) is 5.82 Å². The highest BCUT2D eigenvalue weighted by molar-refractivity contribution is 9.10. The molecule has 1 heterocycles. The molecule has 0 atom stereocenters. The van der Waals surface area contributed by atoms with Gasteiger partial charge in [0, 0.05) is 0 Å². The van der Waals surface area contributed by atoms with E-state index in [-0.39, 0.29) is 6.01 Å². The third kappa shape index (κ3) is 2.27. The van der Waals surface area contributed by atoms with Gasteiger partial charge < -0.3 is 4.74 Å². The Morgan fingerprint density at radius 3 is 2.81 bits per heavy atom. The second kappa shape index (κ2) is 4.44. The van der Waals surface area contributed by atoms with E-state index in [9.17, 15) is 9.18 Å². The van der Waals surface area contributed by atoms with Crippen LogP contribution in [-0.4, -0.2) is 9.97 Å². The first-order valence-electron chi connectivity index (χ1n) is 4.34. The minimum absolute atomic E-state index is 0.0571. The van der Waals surface area contributed by atoms with Gasteiger partial charge in [0.05, 0.1) is 10.7 Å². The summed E-state index contributed by atoms with van der Waals surface area (Å²) in [6, 6.07) is 6.99. The van der Waals surface area contributed by atoms with E-state index in [2.05, 4.69) is 25.9 Å². The summed E-state index contributed by atoms with van der Waals surface area (Å²) in [6.07, 6.45) is 0.811. The van der Waals surface area contributed by atoms with Gasteiger partial charge in [-0.15, -0.1) is 0 Å². The topological polar surface area (TPSA) is 55.0 Å². The monoisotopic (exact) mass is 284 g/mol. The molecule has 2 rings (SSSR count). The van der Waals surface area contributed by atoms with Crippen molar-refractivity contribution < 1.29 is 9.13 Å². The number of nitrogens with zero attached hydrogens (tertiary/aromatic N) is 1. The van der Waals surface area contributed by atoms with Gasteiger partial charge >= 0.3 is 6.01 Å². The van der Waals surface area contributed by atoms with Crippen LogP contribution in [0.3, 0.4) is 0 Å². The maximum atomic E-state index is 12.6. The van der Waals surface area contributed by atoms with Crippen LogP contribution in [0.25, 0.3) is 0 Å². The lowest BCUT2D eigenvalue weighted by atomic mass is 10.3. The second-order valence-electron chi connectivity index (χ2n) is 2.90. The number of benzene rings is 1. The van der Waals surface area contributed by atoms with Crippen LogP contribution in [0.4, 0.5) is 4.39 Å². The second-order valence-corrected chi connectivity index (χ2v) is 3.75. The fraction of sp³-hybridized carbons (Fsp3) is 0. The highest BCUT2D eigenvalue weighted by Crippen LogP contribution is 2.26. The minimum atomic E-state index is -0.945. The van der Waals surface area contributed by atoms with Gasteiger partial charge in [-0.3, -0.25) is 9.78 Å². The molecule has 16 heavy (non-hydrogen) atoms. The number of H-pyrrole nitrogens is 1. The van der Waals surface area contributed by atoms with Crippen LogP contribution in [0.1, 0.15) is 0 Å². The van der Waals surface area contributed by atoms with E-state index in [1.54, 1.807) is 18.2 Å². The minimum Gasteiger partial charge on any atom is -0.424 e. The molecule has 82 valence electrons. The summed E-state index contributed by atoms with van der Waals surface area (Å²) in [5, 5.41) is 0. The highest BCUT2D eigenvalue weighted by atomic mass is 79.9. The number of hydrogen-bond acceptors (Lipinski definition) is 3. The summed E-state index contributed by atoms with van der Waals surface area (Å²) in [6.45, 7) is 0. The number of aromatic nitrogens is 2. The Morgan fingerprint density at radius 1 is 1.38 bits per heavy atom. The highest BCUT2D eigenvalue weighted by Gasteiger charge is 2.05. The first-order valence-corrected chi connectivity index (χ1v) is 5.13. The zero-order valence-electron chi connectivity index (χ0n) is 7.91. The Labute approximate surface area is 98.2 Å². The van der Waals surface area contributed by atoms with Crippen LogP contribution in [0.15, 0.2) is 39.7 Å². The van der Waals surface area contributed by atoms with Gasteiger partial charge in [0.1, 0.15) is 5.75 Å². The van der Waals surface area contributed by atoms with Gasteiger partial charge in [0.2, 0.25) is 5.82 Å². The summed E-state index contributed by atoms with van der Waals surface area (Å²) in [5.74, 6) is -0.461. The molecule has 0 aliphatic heterocycles. The van der Waals surface area contributed by atoms with Crippen LogP contribution >= 0.6 is 15.9 Å². The summed E-state index contributed by atoms with van der Waals surface area (Å²) in [7, 11) is 0. The lowest BCUT2D eigenvalue weighted by Crippen LogP contribution is -2.12. The molecule has 0 fully saturated rings. The van der Waals surface area contributed by atoms with Crippen molar-refractivity contribution in [3.8, 4) is 11.8 Å². The third-order valence-corrected chi connectivity index (χ3v) is 2.43. The quantitative estimate of drug-likeness (QED) is 0.922. The van der Waals surface area contributed by atoms with E-state index in [0.29, 0.717) is 10.2 Å². The van der Waals surface area contributed by atoms with E-state index in [1.165, 1.54) is 0 Å². The first-order chi connectivity index (χ1) is 7.66. The molecule has 1 aromatic carbocycles. The molecular formula is C10H6BrFN2O2. The number of aromatic amines is 1. The van der Waals surface area contributed by atoms with E-state index >= 15 is 0 Å². The average Bonchev–Trinajstić information content (AvgIpc) is 2.27. The molecule has 2 aromatic rings. The largest absolute Gasteiger partial charge is 0.424 e. The lowest BCUT2D eigenvalue weighted by molar-refractivity contribution is 0.430. The molecule has 0 spiro atoms. The number of nitrogens with one attached hydrogen (secondary N) is 1. The Kier molecular flexibility index (Phi) is 3.00. The van der Waals surface area contributed by atoms with E-state index in [4.69, 9.17) is 4.74 Å². The number of rotatable bonds is 2. The van der Waals surface area contributed by atoms with Gasteiger partial charge in [-0.1, -0.05) is 12.1 Å². The molecule has 0 aliphatic carbocycles. The van der Waals surface area contributed by atoms with Crippen molar-refractivity contribution in [2.24, 2.45) is 0 Å². The summed E-state index contributed by atoms with van der Waals surface area (Å²) >= 11 is 3.27. The molecule has 0 aliphatic rings. The van der Waals surface area contributed by atoms with E-state index in [1.807, 2.05) is 6.07 Å². The summed E-state index contributed by atoms with van der Waals surface area (Å²) < 4.78 is 18.6. The molecule has 0 saturated heterocycles. The van der Waals surface area contributed by atoms with Gasteiger partial charge in [0.15, 0.2) is 0 Å². The van der Waals surface area contributed by atoms with Gasteiger partial charge in [-0.2, -0.15) is 4.39 Å². The zero-order valence-corrected chi connectivity index (χ0v) is 9.49. The predicted octanol–water partition coefficient (Wildman–Crippen LogP) is 2.46. The van der Waals surface area contributed by atoms with Crippen molar-refractivity contribution in [2.45, 2.75) is 0 Å². The van der Waals surface area contributed by atoms with Crippen LogP contribution in [0.2, 0.25) is 0 Å². The molecule has 1 N–H and O–H groups in total. The molecule has 0 saturated carbocycles. The van der Waals surface area contributed by atoms with Crippen LogP contribution in [0.5, 0.6) is 11.8 Å². The SMILES string of the molecule is O=c1[nH]c(Oc2ccccc2Br)ncc1F. The Morgan fingerprint density at radius 2 is 2.12 bits per heavy atom. The summed E-state index contributed by atoms with van der Waals surface area (Å²) in [5.41, 5.74) is -0.864. The van der Waals surface area contributed by atoms with Crippen molar-refractivity contribution in [1.29, 1.82) is 0 Å². The normalized spacial score (nSPS) is 10.1. The van der Waals surface area contributed by atoms with Crippen LogP contribution in [-0.2, 0) is 0 Å². The van der Waals surface area contributed by atoms with E-state index < -0.39 is 11.4 Å². The molecule has 0 radical (unpaired) electrons. The van der Waals surface area contributed by atoms with Gasteiger partial charge in [-0.25, -0.2) is 4.98 Å². The van der Waals surface area contributed by atoms with Gasteiger partial charge in [-0.05, 0) is 28.1 Å². The summed E-state index contributed by atoms with van der Waals surface area (Å²) in [4.78, 5) is 16.7. The predicted molar refractivity (Wildman–Crippen MR) is 59.0 cm³/mol. The molecule has 0 unspecified atom stereocenters. The fourth-order valence-electron chi connectivity index (χ4n) is 1.05. The van der Waals surface area contributed by atoms with Crippen molar-refractivity contribution in [3.63, 3.8) is 0 Å². The third-order valence-electron chi connectivity index (χ3n) is 1.78. The molecule has 0 bridgehead atoms. The molecular weight excluding hydrogens is 279 g/mol. The Hall–Kier alpha value is -1.69. The smallest absolute Gasteiger partial charge is 0.302 e. The number of ether oxygens (including phenoxy) is 1. The molecule has 0 amide bonds. The van der Waals surface area contributed by atoms with Crippen molar-refractivity contribution in [2.75, 3.05) is 0 Å². The van der Waals surface area contributed by atoms with Crippen molar-refractivity contribution >= 4 is 15.9 Å². The lowest BCUT2D eigenvalue weighted by Gasteiger charge is -2.05. The maximum absolute atomic E-state index is 12.6. The Balaban J connectivity index is 2.31.